The molecule has 0 spiro atoms. The summed E-state index contributed by atoms with van der Waals surface area (Å²) in [6.07, 6.45) is 0.623. The zero-order chi connectivity index (χ0) is 14.7. The van der Waals surface area contributed by atoms with Crippen LogP contribution >= 0.6 is 15.9 Å². The van der Waals surface area contributed by atoms with Crippen molar-refractivity contribution in [2.45, 2.75) is 19.4 Å². The molecule has 20 heavy (non-hydrogen) atoms. The van der Waals surface area contributed by atoms with Gasteiger partial charge in [0, 0.05) is 16.6 Å². The van der Waals surface area contributed by atoms with E-state index in [1.807, 2.05) is 19.1 Å². The molecule has 0 amide bonds. The largest absolute Gasteiger partial charge is 0.457 e. The quantitative estimate of drug-likeness (QED) is 0.893. The third-order valence-electron chi connectivity index (χ3n) is 2.68. The van der Waals surface area contributed by atoms with E-state index >= 15 is 0 Å². The van der Waals surface area contributed by atoms with E-state index in [2.05, 4.69) is 15.9 Å². The van der Waals surface area contributed by atoms with Gasteiger partial charge in [-0.2, -0.15) is 0 Å². The van der Waals surface area contributed by atoms with Crippen LogP contribution in [0.25, 0.3) is 0 Å². The van der Waals surface area contributed by atoms with Crippen LogP contribution in [0.3, 0.4) is 0 Å². The minimum absolute atomic E-state index is 0.0309. The van der Waals surface area contributed by atoms with Crippen LogP contribution < -0.4 is 10.5 Å². The van der Waals surface area contributed by atoms with Crippen LogP contribution in [-0.4, -0.2) is 6.04 Å². The first kappa shape index (κ1) is 14.9. The van der Waals surface area contributed by atoms with Crippen LogP contribution in [0.4, 0.5) is 8.78 Å². The first-order valence-electron chi connectivity index (χ1n) is 6.12. The maximum Gasteiger partial charge on any atom is 0.162 e. The molecule has 0 radical (unpaired) electrons. The average molecular weight is 342 g/mol. The van der Waals surface area contributed by atoms with E-state index in [1.54, 1.807) is 6.07 Å². The number of hydrogen-bond donors (Lipinski definition) is 1. The topological polar surface area (TPSA) is 35.2 Å². The highest BCUT2D eigenvalue weighted by Crippen LogP contribution is 2.29. The Labute approximate surface area is 124 Å². The Morgan fingerprint density at radius 3 is 2.55 bits per heavy atom. The summed E-state index contributed by atoms with van der Waals surface area (Å²) in [7, 11) is 0. The number of halogens is 3. The van der Waals surface area contributed by atoms with E-state index in [0.29, 0.717) is 12.2 Å². The molecule has 1 unspecified atom stereocenters. The van der Waals surface area contributed by atoms with Crippen LogP contribution in [0, 0.1) is 11.6 Å². The zero-order valence-corrected chi connectivity index (χ0v) is 12.5. The summed E-state index contributed by atoms with van der Waals surface area (Å²) in [6, 6.07) is 8.90. The summed E-state index contributed by atoms with van der Waals surface area (Å²) >= 11 is 3.39. The molecule has 0 bridgehead atoms. The Bertz CT molecular complexity index is 617. The molecule has 2 rings (SSSR count). The maximum atomic E-state index is 13.2. The molecule has 1 atom stereocenters. The van der Waals surface area contributed by atoms with E-state index in [0.717, 1.165) is 22.2 Å². The first-order chi connectivity index (χ1) is 9.45. The van der Waals surface area contributed by atoms with E-state index in [1.165, 1.54) is 6.07 Å². The Hall–Kier alpha value is -1.46. The predicted octanol–water partition coefficient (Wildman–Crippen LogP) is 4.41. The van der Waals surface area contributed by atoms with Gasteiger partial charge in [-0.15, -0.1) is 0 Å². The lowest BCUT2D eigenvalue weighted by atomic mass is 10.1. The van der Waals surface area contributed by atoms with Gasteiger partial charge < -0.3 is 10.5 Å². The van der Waals surface area contributed by atoms with Crippen molar-refractivity contribution in [1.29, 1.82) is 0 Å². The van der Waals surface area contributed by atoms with E-state index in [9.17, 15) is 8.78 Å². The molecule has 2 aromatic carbocycles. The van der Waals surface area contributed by atoms with Crippen molar-refractivity contribution in [3.8, 4) is 11.5 Å². The molecule has 0 saturated carbocycles. The van der Waals surface area contributed by atoms with Gasteiger partial charge in [0.05, 0.1) is 0 Å². The number of nitrogens with two attached hydrogens (primary N) is 1. The fourth-order valence-electron chi connectivity index (χ4n) is 1.82. The van der Waals surface area contributed by atoms with Gasteiger partial charge in [0.25, 0.3) is 0 Å². The van der Waals surface area contributed by atoms with Gasteiger partial charge in [0.1, 0.15) is 11.5 Å². The fraction of sp³-hybridized carbons (Fsp3) is 0.200. The Morgan fingerprint density at radius 2 is 1.90 bits per heavy atom. The van der Waals surface area contributed by atoms with Gasteiger partial charge in [-0.25, -0.2) is 8.78 Å². The summed E-state index contributed by atoms with van der Waals surface area (Å²) in [4.78, 5) is 0. The van der Waals surface area contributed by atoms with Gasteiger partial charge in [-0.1, -0.05) is 15.9 Å². The van der Waals surface area contributed by atoms with Crippen LogP contribution in [0.15, 0.2) is 40.9 Å². The van der Waals surface area contributed by atoms with Crippen molar-refractivity contribution in [3.05, 3.63) is 58.1 Å². The predicted molar refractivity (Wildman–Crippen MR) is 77.9 cm³/mol. The molecule has 0 aliphatic rings. The smallest absolute Gasteiger partial charge is 0.162 e. The highest BCUT2D eigenvalue weighted by atomic mass is 79.9. The third kappa shape index (κ3) is 3.77. The highest BCUT2D eigenvalue weighted by Gasteiger charge is 2.10. The number of ether oxygens (including phenoxy) is 1. The number of hydrogen-bond acceptors (Lipinski definition) is 2. The summed E-state index contributed by atoms with van der Waals surface area (Å²) in [6.45, 7) is 1.89. The van der Waals surface area contributed by atoms with Crippen LogP contribution in [-0.2, 0) is 6.42 Å². The summed E-state index contributed by atoms with van der Waals surface area (Å²) < 4.78 is 32.6. The second-order valence-electron chi connectivity index (χ2n) is 4.61. The summed E-state index contributed by atoms with van der Waals surface area (Å²) in [5, 5.41) is 0. The lowest BCUT2D eigenvalue weighted by molar-refractivity contribution is 0.456. The summed E-state index contributed by atoms with van der Waals surface area (Å²) in [5.74, 6) is -1.01. The molecule has 2 nitrogen and oxygen atoms in total. The highest BCUT2D eigenvalue weighted by molar-refractivity contribution is 9.10. The molecule has 2 N–H and O–H groups in total. The van der Waals surface area contributed by atoms with Crippen molar-refractivity contribution in [2.75, 3.05) is 0 Å². The van der Waals surface area contributed by atoms with Crippen molar-refractivity contribution in [3.63, 3.8) is 0 Å². The van der Waals surface area contributed by atoms with Crippen LogP contribution in [0.2, 0.25) is 0 Å². The van der Waals surface area contributed by atoms with Crippen molar-refractivity contribution in [2.24, 2.45) is 5.73 Å². The van der Waals surface area contributed by atoms with Crippen molar-refractivity contribution >= 4 is 15.9 Å². The van der Waals surface area contributed by atoms with E-state index in [-0.39, 0.29) is 11.8 Å². The molecule has 0 fully saturated rings. The molecule has 106 valence electrons. The van der Waals surface area contributed by atoms with Gasteiger partial charge in [0.2, 0.25) is 0 Å². The molecule has 5 heteroatoms. The average Bonchev–Trinajstić information content (AvgIpc) is 2.36. The third-order valence-corrected chi connectivity index (χ3v) is 3.18. The zero-order valence-electron chi connectivity index (χ0n) is 10.9. The van der Waals surface area contributed by atoms with Crippen molar-refractivity contribution in [1.82, 2.24) is 0 Å². The number of rotatable bonds is 4. The molecule has 2 aromatic rings. The van der Waals surface area contributed by atoms with Gasteiger partial charge in [0.15, 0.2) is 11.6 Å². The SMILES string of the molecule is CC(N)Cc1cc(Br)ccc1Oc1ccc(F)c(F)c1. The van der Waals surface area contributed by atoms with Crippen LogP contribution in [0.5, 0.6) is 11.5 Å². The monoisotopic (exact) mass is 341 g/mol. The normalized spacial score (nSPS) is 12.2. The Balaban J connectivity index is 2.30. The first-order valence-corrected chi connectivity index (χ1v) is 6.92. The Kier molecular flexibility index (Phi) is 4.73. The van der Waals surface area contributed by atoms with Gasteiger partial charge in [-0.3, -0.25) is 0 Å². The van der Waals surface area contributed by atoms with E-state index in [4.69, 9.17) is 10.5 Å². The minimum atomic E-state index is -0.937. The Morgan fingerprint density at radius 1 is 1.15 bits per heavy atom. The molecular formula is C15H14BrF2NO. The molecule has 0 aromatic heterocycles. The fourth-order valence-corrected chi connectivity index (χ4v) is 2.23. The lowest BCUT2D eigenvalue weighted by Crippen LogP contribution is -2.18. The second kappa shape index (κ2) is 6.33. The molecule has 0 aliphatic carbocycles. The molecule has 0 heterocycles. The van der Waals surface area contributed by atoms with Gasteiger partial charge in [-0.05, 0) is 49.2 Å². The summed E-state index contributed by atoms with van der Waals surface area (Å²) in [5.41, 5.74) is 6.70. The van der Waals surface area contributed by atoms with Crippen LogP contribution in [0.1, 0.15) is 12.5 Å². The minimum Gasteiger partial charge on any atom is -0.457 e. The van der Waals surface area contributed by atoms with Gasteiger partial charge >= 0.3 is 0 Å². The molecular weight excluding hydrogens is 328 g/mol. The van der Waals surface area contributed by atoms with E-state index < -0.39 is 11.6 Å². The lowest BCUT2D eigenvalue weighted by Gasteiger charge is -2.13. The second-order valence-corrected chi connectivity index (χ2v) is 5.53. The standard InChI is InChI=1S/C15H14BrF2NO/c1-9(19)6-10-7-11(16)2-5-15(10)20-12-3-4-13(17)14(18)8-12/h2-5,7-9H,6,19H2,1H3. The number of benzene rings is 2. The van der Waals surface area contributed by atoms with Crippen molar-refractivity contribution < 1.29 is 13.5 Å². The maximum absolute atomic E-state index is 13.2. The molecule has 0 saturated heterocycles. The molecule has 0 aliphatic heterocycles.